The first kappa shape index (κ1) is 19.2. The topological polar surface area (TPSA) is 47.2 Å². The van der Waals surface area contributed by atoms with Crippen molar-refractivity contribution in [2.24, 2.45) is 5.92 Å². The molecule has 2 bridgehead atoms. The number of fused-ring (bicyclic) bond motifs is 4. The lowest BCUT2D eigenvalue weighted by molar-refractivity contribution is -0.134. The van der Waals surface area contributed by atoms with Gasteiger partial charge in [0.25, 0.3) is 5.56 Å². The zero-order chi connectivity index (χ0) is 20.7. The van der Waals surface area contributed by atoms with Gasteiger partial charge in [-0.25, -0.2) is 0 Å². The van der Waals surface area contributed by atoms with Crippen LogP contribution in [0.2, 0.25) is 5.02 Å². The molecule has 1 saturated heterocycles. The smallest absolute Gasteiger partial charge is 0.250 e. The second kappa shape index (κ2) is 7.80. The molecule has 1 unspecified atom stereocenters. The maximum Gasteiger partial charge on any atom is 0.250 e. The van der Waals surface area contributed by atoms with Gasteiger partial charge in [-0.15, -0.1) is 0 Å². The Bertz CT molecular complexity index is 1100. The molecule has 5 rings (SSSR count). The summed E-state index contributed by atoms with van der Waals surface area (Å²) in [5.74, 6) is 0.724. The van der Waals surface area contributed by atoms with Gasteiger partial charge in [-0.05, 0) is 48.2 Å². The summed E-state index contributed by atoms with van der Waals surface area (Å²) >= 11 is 6.07. The molecule has 1 amide bonds. The number of carbonyl (C=O) groups excluding carboxylic acids is 1. The molecule has 2 aliphatic heterocycles. The van der Waals surface area contributed by atoms with Gasteiger partial charge in [0.1, 0.15) is 0 Å². The molecule has 30 heavy (non-hydrogen) atoms. The highest BCUT2D eigenvalue weighted by Gasteiger charge is 2.36. The van der Waals surface area contributed by atoms with Crippen molar-refractivity contribution in [2.75, 3.05) is 13.1 Å². The number of hydrogen-bond acceptors (Lipinski definition) is 2. The molecular formula is C24H24ClN3O2. The second-order valence-electron chi connectivity index (χ2n) is 8.40. The van der Waals surface area contributed by atoms with E-state index in [9.17, 15) is 9.59 Å². The van der Waals surface area contributed by atoms with Crippen molar-refractivity contribution in [1.29, 1.82) is 0 Å². The molecule has 2 aromatic heterocycles. The molecule has 1 fully saturated rings. The Morgan fingerprint density at radius 3 is 2.53 bits per heavy atom. The van der Waals surface area contributed by atoms with Gasteiger partial charge >= 0.3 is 0 Å². The molecule has 3 atom stereocenters. The zero-order valence-corrected chi connectivity index (χ0v) is 17.4. The average Bonchev–Trinajstić information content (AvgIpc) is 3.28. The molecule has 5 nitrogen and oxygen atoms in total. The van der Waals surface area contributed by atoms with Gasteiger partial charge in [-0.3, -0.25) is 9.59 Å². The number of nitrogens with zero attached hydrogens (tertiary/aromatic N) is 3. The largest absolute Gasteiger partial charge is 0.346 e. The number of hydrogen-bond donors (Lipinski definition) is 0. The summed E-state index contributed by atoms with van der Waals surface area (Å²) in [4.78, 5) is 27.6. The van der Waals surface area contributed by atoms with Crippen LogP contribution in [0.4, 0.5) is 0 Å². The Labute approximate surface area is 180 Å². The predicted octanol–water partition coefficient (Wildman–Crippen LogP) is 3.93. The van der Waals surface area contributed by atoms with E-state index >= 15 is 0 Å². The van der Waals surface area contributed by atoms with Crippen LogP contribution in [0.5, 0.6) is 0 Å². The van der Waals surface area contributed by atoms with Crippen molar-refractivity contribution < 1.29 is 4.79 Å². The third-order valence-electron chi connectivity index (χ3n) is 6.44. The lowest BCUT2D eigenvalue weighted by atomic mass is 9.83. The minimum absolute atomic E-state index is 0.0670. The maximum atomic E-state index is 13.4. The van der Waals surface area contributed by atoms with Crippen molar-refractivity contribution >= 4 is 17.5 Å². The molecule has 2 aliphatic rings. The van der Waals surface area contributed by atoms with Crippen LogP contribution in [-0.2, 0) is 11.3 Å². The number of rotatable bonds is 4. The van der Waals surface area contributed by atoms with Gasteiger partial charge in [0, 0.05) is 54.7 Å². The molecule has 0 saturated carbocycles. The van der Waals surface area contributed by atoms with Crippen LogP contribution < -0.4 is 5.56 Å². The fourth-order valence-corrected chi connectivity index (χ4v) is 5.16. The summed E-state index contributed by atoms with van der Waals surface area (Å²) in [7, 11) is 0. The number of benzene rings is 1. The Kier molecular flexibility index (Phi) is 4.99. The second-order valence-corrected chi connectivity index (χ2v) is 8.84. The van der Waals surface area contributed by atoms with E-state index in [1.165, 1.54) is 0 Å². The van der Waals surface area contributed by atoms with Crippen LogP contribution >= 0.6 is 11.6 Å². The molecule has 3 aromatic rings. The highest BCUT2D eigenvalue weighted by atomic mass is 35.5. The first-order valence-corrected chi connectivity index (χ1v) is 10.8. The molecular weight excluding hydrogens is 398 g/mol. The van der Waals surface area contributed by atoms with Gasteiger partial charge in [-0.2, -0.15) is 0 Å². The molecule has 0 radical (unpaired) electrons. The van der Waals surface area contributed by atoms with E-state index in [1.807, 2.05) is 70.4 Å². The molecule has 4 heterocycles. The highest BCUT2D eigenvalue weighted by Crippen LogP contribution is 2.36. The van der Waals surface area contributed by atoms with E-state index in [-0.39, 0.29) is 23.4 Å². The van der Waals surface area contributed by atoms with Crippen molar-refractivity contribution in [1.82, 2.24) is 14.0 Å². The van der Waals surface area contributed by atoms with E-state index in [0.29, 0.717) is 30.5 Å². The number of piperidine rings is 1. The van der Waals surface area contributed by atoms with E-state index in [4.69, 9.17) is 11.6 Å². The SMILES string of the molecule is O=C(CC(c1ccc(Cl)cc1)n1cccc1)N1C[C@H]2C[C@@H](C1)c1cccc(=O)n1C2. The molecule has 1 aromatic carbocycles. The van der Waals surface area contributed by atoms with E-state index in [0.717, 1.165) is 24.2 Å². The lowest BCUT2D eigenvalue weighted by Gasteiger charge is -2.43. The summed E-state index contributed by atoms with van der Waals surface area (Å²) in [5.41, 5.74) is 2.20. The minimum Gasteiger partial charge on any atom is -0.346 e. The van der Waals surface area contributed by atoms with Crippen LogP contribution in [0, 0.1) is 5.92 Å². The fraction of sp³-hybridized carbons (Fsp3) is 0.333. The number of halogens is 1. The summed E-state index contributed by atoms with van der Waals surface area (Å²) in [6.07, 6.45) is 5.45. The quantitative estimate of drug-likeness (QED) is 0.640. The van der Waals surface area contributed by atoms with E-state index in [1.54, 1.807) is 6.07 Å². The van der Waals surface area contributed by atoms with Crippen molar-refractivity contribution in [3.63, 3.8) is 0 Å². The molecule has 0 N–H and O–H groups in total. The number of pyridine rings is 1. The summed E-state index contributed by atoms with van der Waals surface area (Å²) in [6, 6.07) is 17.1. The first-order valence-electron chi connectivity index (χ1n) is 10.4. The zero-order valence-electron chi connectivity index (χ0n) is 16.7. The van der Waals surface area contributed by atoms with Crippen LogP contribution in [-0.4, -0.2) is 33.0 Å². The molecule has 154 valence electrons. The van der Waals surface area contributed by atoms with Gasteiger partial charge in [0.05, 0.1) is 12.5 Å². The maximum absolute atomic E-state index is 13.4. The van der Waals surface area contributed by atoms with Gasteiger partial charge < -0.3 is 14.0 Å². The Balaban J connectivity index is 1.38. The Morgan fingerprint density at radius 2 is 1.77 bits per heavy atom. The van der Waals surface area contributed by atoms with Crippen LogP contribution in [0.3, 0.4) is 0 Å². The van der Waals surface area contributed by atoms with Crippen LogP contribution in [0.15, 0.2) is 71.8 Å². The predicted molar refractivity (Wildman–Crippen MR) is 117 cm³/mol. The Morgan fingerprint density at radius 1 is 1.00 bits per heavy atom. The van der Waals surface area contributed by atoms with Crippen molar-refractivity contribution in [2.45, 2.75) is 31.3 Å². The Hall–Kier alpha value is -2.79. The van der Waals surface area contributed by atoms with Crippen molar-refractivity contribution in [3.8, 4) is 0 Å². The minimum atomic E-state index is -0.0681. The van der Waals surface area contributed by atoms with Crippen LogP contribution in [0.25, 0.3) is 0 Å². The van der Waals surface area contributed by atoms with Gasteiger partial charge in [0.2, 0.25) is 5.91 Å². The first-order chi connectivity index (χ1) is 14.6. The third kappa shape index (κ3) is 3.58. The van der Waals surface area contributed by atoms with Crippen LogP contribution in [0.1, 0.15) is 36.1 Å². The third-order valence-corrected chi connectivity index (χ3v) is 6.69. The number of carbonyl (C=O) groups is 1. The summed E-state index contributed by atoms with van der Waals surface area (Å²) in [5, 5.41) is 0.689. The number of aromatic nitrogens is 2. The normalized spacial score (nSPS) is 21.2. The highest BCUT2D eigenvalue weighted by molar-refractivity contribution is 6.30. The lowest BCUT2D eigenvalue weighted by Crippen LogP contribution is -2.49. The monoisotopic (exact) mass is 421 g/mol. The molecule has 6 heteroatoms. The summed E-state index contributed by atoms with van der Waals surface area (Å²) < 4.78 is 3.98. The standard InChI is InChI=1S/C24H24ClN3O2/c25-20-8-6-18(7-9-20)22(26-10-1-2-11-26)13-24(30)27-14-17-12-19(16-27)21-4-3-5-23(29)28(21)15-17/h1-11,17,19,22H,12-16H2/t17-,19+,22?/m1/s1. The van der Waals surface area contributed by atoms with E-state index in [2.05, 4.69) is 4.57 Å². The van der Waals surface area contributed by atoms with Gasteiger partial charge in [0.15, 0.2) is 0 Å². The average molecular weight is 422 g/mol. The number of likely N-dealkylation sites (tertiary alicyclic amines) is 1. The summed E-state index contributed by atoms with van der Waals surface area (Å²) in [6.45, 7) is 2.10. The molecule has 0 spiro atoms. The van der Waals surface area contributed by atoms with E-state index < -0.39 is 0 Å². The van der Waals surface area contributed by atoms with Gasteiger partial charge in [-0.1, -0.05) is 29.8 Å². The van der Waals surface area contributed by atoms with Crippen molar-refractivity contribution in [3.05, 3.63) is 93.6 Å². The number of amides is 1. The molecule has 0 aliphatic carbocycles. The fourth-order valence-electron chi connectivity index (χ4n) is 5.03.